The van der Waals surface area contributed by atoms with Crippen LogP contribution in [-0.2, 0) is 22.1 Å². The van der Waals surface area contributed by atoms with Crippen molar-refractivity contribution >= 4 is 16.9 Å². The lowest BCUT2D eigenvalue weighted by molar-refractivity contribution is -0.136. The highest BCUT2D eigenvalue weighted by Crippen LogP contribution is 2.03. The van der Waals surface area contributed by atoms with Crippen LogP contribution >= 0.6 is 0 Å². The van der Waals surface area contributed by atoms with Crippen molar-refractivity contribution in [2.75, 3.05) is 17.8 Å². The molecule has 16 heavy (non-hydrogen) atoms. The lowest BCUT2D eigenvalue weighted by Gasteiger charge is -2.02. The third kappa shape index (κ3) is 6.75. The number of rotatable bonds is 6. The summed E-state index contributed by atoms with van der Waals surface area (Å²) in [5.74, 6) is 1.22. The summed E-state index contributed by atoms with van der Waals surface area (Å²) >= 11 is 0. The molecule has 0 radical (unpaired) electrons. The SMILES string of the molecule is C[S+](CCC(=O)O)CCc1ccccc1.[Cl-]. The molecule has 0 aliphatic rings. The summed E-state index contributed by atoms with van der Waals surface area (Å²) in [5, 5.41) is 8.55. The number of benzene rings is 1. The Morgan fingerprint density at radius 1 is 1.25 bits per heavy atom. The van der Waals surface area contributed by atoms with E-state index in [2.05, 4.69) is 18.4 Å². The quantitative estimate of drug-likeness (QED) is 0.664. The first-order valence-electron chi connectivity index (χ1n) is 5.03. The molecule has 0 saturated heterocycles. The lowest BCUT2D eigenvalue weighted by Crippen LogP contribution is -3.00. The van der Waals surface area contributed by atoms with Crippen LogP contribution in [0.2, 0.25) is 0 Å². The molecule has 0 heterocycles. The molecule has 0 spiro atoms. The van der Waals surface area contributed by atoms with Gasteiger partial charge < -0.3 is 17.5 Å². The minimum absolute atomic E-state index is 0. The van der Waals surface area contributed by atoms with Gasteiger partial charge in [0.2, 0.25) is 0 Å². The van der Waals surface area contributed by atoms with Gasteiger partial charge in [0, 0.05) is 6.42 Å². The van der Waals surface area contributed by atoms with Crippen molar-refractivity contribution in [2.24, 2.45) is 0 Å². The zero-order valence-electron chi connectivity index (χ0n) is 9.36. The second-order valence-electron chi connectivity index (χ2n) is 3.57. The van der Waals surface area contributed by atoms with Crippen LogP contribution in [0.4, 0.5) is 0 Å². The fourth-order valence-electron chi connectivity index (χ4n) is 1.30. The minimum Gasteiger partial charge on any atom is -1.00 e. The maximum atomic E-state index is 10.4. The molecule has 0 aliphatic carbocycles. The van der Waals surface area contributed by atoms with Gasteiger partial charge in [0.15, 0.2) is 0 Å². The number of hydrogen-bond acceptors (Lipinski definition) is 1. The first-order valence-corrected chi connectivity index (χ1v) is 7.00. The maximum Gasteiger partial charge on any atom is 0.308 e. The topological polar surface area (TPSA) is 37.3 Å². The zero-order valence-corrected chi connectivity index (χ0v) is 10.9. The van der Waals surface area contributed by atoms with Crippen molar-refractivity contribution in [1.82, 2.24) is 0 Å². The summed E-state index contributed by atoms with van der Waals surface area (Å²) in [6.07, 6.45) is 3.50. The van der Waals surface area contributed by atoms with E-state index in [1.165, 1.54) is 5.56 Å². The van der Waals surface area contributed by atoms with E-state index in [-0.39, 0.29) is 23.3 Å². The Morgan fingerprint density at radius 2 is 1.88 bits per heavy atom. The second kappa shape index (κ2) is 8.48. The summed E-state index contributed by atoms with van der Waals surface area (Å²) in [5.41, 5.74) is 1.34. The molecule has 1 N–H and O–H groups in total. The minimum atomic E-state index is -0.686. The van der Waals surface area contributed by atoms with Gasteiger partial charge in [-0.05, 0) is 16.5 Å². The van der Waals surface area contributed by atoms with Crippen molar-refractivity contribution in [3.63, 3.8) is 0 Å². The highest BCUT2D eigenvalue weighted by atomic mass is 35.5. The van der Waals surface area contributed by atoms with Gasteiger partial charge in [0.25, 0.3) is 0 Å². The van der Waals surface area contributed by atoms with Crippen LogP contribution in [-0.4, -0.2) is 28.8 Å². The molecule has 1 unspecified atom stereocenters. The molecular formula is C12H17ClO2S. The number of carboxylic acids is 1. The molecule has 0 aromatic heterocycles. The van der Waals surface area contributed by atoms with E-state index in [0.717, 1.165) is 17.9 Å². The average Bonchev–Trinajstić information content (AvgIpc) is 2.25. The predicted octanol–water partition coefficient (Wildman–Crippen LogP) is -1.04. The van der Waals surface area contributed by atoms with E-state index >= 15 is 0 Å². The molecule has 90 valence electrons. The Morgan fingerprint density at radius 3 is 2.44 bits per heavy atom. The molecule has 0 aliphatic heterocycles. The first-order chi connectivity index (χ1) is 7.18. The summed E-state index contributed by atoms with van der Waals surface area (Å²) in [6, 6.07) is 10.3. The molecular weight excluding hydrogens is 244 g/mol. The van der Waals surface area contributed by atoms with Crippen molar-refractivity contribution in [1.29, 1.82) is 0 Å². The van der Waals surface area contributed by atoms with Crippen LogP contribution in [0.3, 0.4) is 0 Å². The van der Waals surface area contributed by atoms with Gasteiger partial charge in [0.05, 0.1) is 12.7 Å². The van der Waals surface area contributed by atoms with E-state index in [1.807, 2.05) is 18.2 Å². The maximum absolute atomic E-state index is 10.4. The van der Waals surface area contributed by atoms with Gasteiger partial charge in [-0.3, -0.25) is 4.79 Å². The van der Waals surface area contributed by atoms with Gasteiger partial charge in [0.1, 0.15) is 11.5 Å². The van der Waals surface area contributed by atoms with Crippen molar-refractivity contribution < 1.29 is 22.3 Å². The first kappa shape index (κ1) is 15.3. The number of carbonyl (C=O) groups is 1. The third-order valence-electron chi connectivity index (χ3n) is 2.25. The van der Waals surface area contributed by atoms with Gasteiger partial charge >= 0.3 is 5.97 Å². The van der Waals surface area contributed by atoms with Crippen LogP contribution < -0.4 is 12.4 Å². The van der Waals surface area contributed by atoms with E-state index in [9.17, 15) is 4.79 Å². The van der Waals surface area contributed by atoms with Crippen molar-refractivity contribution in [2.45, 2.75) is 12.8 Å². The largest absolute Gasteiger partial charge is 1.00 e. The highest BCUT2D eigenvalue weighted by molar-refractivity contribution is 7.96. The van der Waals surface area contributed by atoms with Gasteiger partial charge in [-0.1, -0.05) is 30.3 Å². The van der Waals surface area contributed by atoms with E-state index in [0.29, 0.717) is 6.42 Å². The Bertz CT molecular complexity index is 303. The fourth-order valence-corrected chi connectivity index (χ4v) is 2.61. The summed E-state index contributed by atoms with van der Waals surface area (Å²) < 4.78 is 0. The number of carboxylic acid groups (broad SMARTS) is 1. The van der Waals surface area contributed by atoms with Gasteiger partial charge in [-0.25, -0.2) is 0 Å². The molecule has 1 atom stereocenters. The van der Waals surface area contributed by atoms with Crippen LogP contribution in [0.5, 0.6) is 0 Å². The molecule has 1 aromatic rings. The molecule has 1 aromatic carbocycles. The fraction of sp³-hybridized carbons (Fsp3) is 0.417. The predicted molar refractivity (Wildman–Crippen MR) is 65.4 cm³/mol. The van der Waals surface area contributed by atoms with Gasteiger partial charge in [-0.15, -0.1) is 0 Å². The monoisotopic (exact) mass is 260 g/mol. The van der Waals surface area contributed by atoms with Crippen molar-refractivity contribution in [3.8, 4) is 0 Å². The molecule has 0 bridgehead atoms. The molecule has 0 saturated carbocycles. The van der Waals surface area contributed by atoms with Gasteiger partial charge in [-0.2, -0.15) is 0 Å². The molecule has 0 amide bonds. The second-order valence-corrected chi connectivity index (χ2v) is 5.95. The number of hydrogen-bond donors (Lipinski definition) is 1. The summed E-state index contributed by atoms with van der Waals surface area (Å²) in [6.45, 7) is 0. The van der Waals surface area contributed by atoms with Crippen LogP contribution in [0.25, 0.3) is 0 Å². The van der Waals surface area contributed by atoms with Crippen molar-refractivity contribution in [3.05, 3.63) is 35.9 Å². The number of aliphatic carboxylic acids is 1. The summed E-state index contributed by atoms with van der Waals surface area (Å²) in [7, 11) is 0.228. The zero-order chi connectivity index (χ0) is 11.1. The standard InChI is InChI=1S/C12H16O2S.ClH/c1-15(10-8-12(13)14)9-7-11-5-3-2-4-6-11;/h2-6H,7-10H2,1H3;1H. The Balaban J connectivity index is 0.00000225. The van der Waals surface area contributed by atoms with Crippen LogP contribution in [0.15, 0.2) is 30.3 Å². The summed E-state index contributed by atoms with van der Waals surface area (Å²) in [4.78, 5) is 10.4. The Kier molecular flexibility index (Phi) is 8.12. The lowest BCUT2D eigenvalue weighted by atomic mass is 10.2. The van der Waals surface area contributed by atoms with E-state index < -0.39 is 5.97 Å². The number of aryl methyl sites for hydroxylation is 1. The Labute approximate surface area is 106 Å². The average molecular weight is 261 g/mol. The number of halogens is 1. The highest BCUT2D eigenvalue weighted by Gasteiger charge is 2.12. The van der Waals surface area contributed by atoms with E-state index in [1.54, 1.807) is 0 Å². The normalized spacial score (nSPS) is 11.6. The molecule has 4 heteroatoms. The molecule has 1 rings (SSSR count). The molecule has 2 nitrogen and oxygen atoms in total. The smallest absolute Gasteiger partial charge is 0.308 e. The van der Waals surface area contributed by atoms with Crippen LogP contribution in [0, 0.1) is 0 Å². The van der Waals surface area contributed by atoms with Crippen LogP contribution in [0.1, 0.15) is 12.0 Å². The molecule has 0 fully saturated rings. The van der Waals surface area contributed by atoms with E-state index in [4.69, 9.17) is 5.11 Å². The Hall–Kier alpha value is -0.670. The third-order valence-corrected chi connectivity index (χ3v) is 4.05.